The Morgan fingerprint density at radius 3 is 2.43 bits per heavy atom. The monoisotopic (exact) mass is 492 g/mol. The van der Waals surface area contributed by atoms with Crippen molar-refractivity contribution in [2.45, 2.75) is 45.1 Å². The summed E-state index contributed by atoms with van der Waals surface area (Å²) in [6.45, 7) is 5.06. The van der Waals surface area contributed by atoms with Crippen LogP contribution in [0.4, 0.5) is 23.7 Å². The summed E-state index contributed by atoms with van der Waals surface area (Å²) in [6, 6.07) is 8.75. The molecule has 0 spiro atoms. The van der Waals surface area contributed by atoms with Gasteiger partial charge in [0.25, 0.3) is 5.56 Å². The first-order chi connectivity index (χ1) is 16.5. The number of carbonyl (C=O) groups is 2. The fraction of sp³-hybridized carbons (Fsp3) is 0.458. The number of pyridine rings is 1. The van der Waals surface area contributed by atoms with Gasteiger partial charge in [0.2, 0.25) is 5.91 Å². The molecule has 2 bridgehead atoms. The van der Waals surface area contributed by atoms with Crippen molar-refractivity contribution in [3.8, 4) is 5.75 Å². The van der Waals surface area contributed by atoms with E-state index in [0.29, 0.717) is 19.6 Å². The first kappa shape index (κ1) is 24.6. The molecule has 0 saturated carbocycles. The summed E-state index contributed by atoms with van der Waals surface area (Å²) in [5.41, 5.74) is 1.16. The molecule has 0 aliphatic carbocycles. The Morgan fingerprint density at radius 2 is 1.77 bits per heavy atom. The largest absolute Gasteiger partial charge is 0.573 e. The Bertz CT molecular complexity index is 1150. The van der Waals surface area contributed by atoms with Crippen LogP contribution in [-0.4, -0.2) is 46.9 Å². The average molecular weight is 492 g/mol. The zero-order valence-corrected chi connectivity index (χ0v) is 19.3. The summed E-state index contributed by atoms with van der Waals surface area (Å²) in [5.74, 6) is -0.923. The van der Waals surface area contributed by atoms with Gasteiger partial charge in [0.05, 0.1) is 0 Å². The third kappa shape index (κ3) is 5.77. The maximum atomic E-state index is 13.1. The third-order valence-electron chi connectivity index (χ3n) is 6.35. The first-order valence-electron chi connectivity index (χ1n) is 11.4. The molecule has 0 unspecified atom stereocenters. The Kier molecular flexibility index (Phi) is 6.77. The van der Waals surface area contributed by atoms with Crippen molar-refractivity contribution in [3.63, 3.8) is 0 Å². The summed E-state index contributed by atoms with van der Waals surface area (Å²) in [5, 5.41) is 5.44. The molecule has 11 heteroatoms. The summed E-state index contributed by atoms with van der Waals surface area (Å²) in [7, 11) is 0. The van der Waals surface area contributed by atoms with Crippen LogP contribution >= 0.6 is 0 Å². The van der Waals surface area contributed by atoms with Crippen LogP contribution in [0.3, 0.4) is 0 Å². The van der Waals surface area contributed by atoms with Gasteiger partial charge in [0.15, 0.2) is 0 Å². The number of amides is 3. The summed E-state index contributed by atoms with van der Waals surface area (Å²) in [4.78, 5) is 39.9. The number of ether oxygens (including phenoxy) is 1. The number of hydrogen-bond donors (Lipinski definition) is 2. The average Bonchev–Trinajstić information content (AvgIpc) is 2.78. The molecule has 2 aliphatic heterocycles. The number of aromatic nitrogens is 1. The van der Waals surface area contributed by atoms with Crippen molar-refractivity contribution < 1.29 is 27.5 Å². The molecule has 1 saturated heterocycles. The van der Waals surface area contributed by atoms with E-state index in [1.54, 1.807) is 29.4 Å². The molecule has 2 N–H and O–H groups in total. The van der Waals surface area contributed by atoms with E-state index in [2.05, 4.69) is 15.4 Å². The summed E-state index contributed by atoms with van der Waals surface area (Å²) >= 11 is 0. The van der Waals surface area contributed by atoms with E-state index in [9.17, 15) is 27.6 Å². The summed E-state index contributed by atoms with van der Waals surface area (Å²) < 4.78 is 42.6. The van der Waals surface area contributed by atoms with Crippen LogP contribution < -0.4 is 20.9 Å². The molecule has 188 valence electrons. The van der Waals surface area contributed by atoms with Crippen LogP contribution in [0.5, 0.6) is 5.75 Å². The van der Waals surface area contributed by atoms with Crippen molar-refractivity contribution >= 4 is 17.6 Å². The van der Waals surface area contributed by atoms with Gasteiger partial charge in [-0.25, -0.2) is 4.79 Å². The predicted octanol–water partition coefficient (Wildman–Crippen LogP) is 3.54. The van der Waals surface area contributed by atoms with E-state index in [1.165, 1.54) is 18.2 Å². The molecule has 2 aliphatic rings. The van der Waals surface area contributed by atoms with E-state index in [0.717, 1.165) is 24.2 Å². The molecule has 8 nitrogen and oxygen atoms in total. The van der Waals surface area contributed by atoms with Crippen LogP contribution in [0.2, 0.25) is 0 Å². The molecule has 1 fully saturated rings. The highest BCUT2D eigenvalue weighted by Gasteiger charge is 2.37. The second-order valence-electron chi connectivity index (χ2n) is 9.34. The molecule has 3 amide bonds. The molecule has 1 aromatic carbocycles. The molecule has 2 aromatic rings. The second kappa shape index (κ2) is 9.63. The normalized spacial score (nSPS) is 20.1. The number of carbonyl (C=O) groups excluding carboxylic acids is 2. The van der Waals surface area contributed by atoms with Gasteiger partial charge in [-0.1, -0.05) is 19.9 Å². The Balaban J connectivity index is 1.40. The SMILES string of the molecule is CC(C)[C@H](NC(=O)N1C[C@@H]2C[C@@H](C1)c1cccc(=O)n1C2)C(=O)Nc1ccc(OC(F)(F)F)cc1. The lowest BCUT2D eigenvalue weighted by molar-refractivity contribution is -0.274. The Morgan fingerprint density at radius 1 is 1.06 bits per heavy atom. The Labute approximate surface area is 200 Å². The molecule has 3 atom stereocenters. The van der Waals surface area contributed by atoms with Gasteiger partial charge < -0.3 is 24.8 Å². The lowest BCUT2D eigenvalue weighted by Gasteiger charge is -2.43. The number of alkyl halides is 3. The molecule has 0 radical (unpaired) electrons. The van der Waals surface area contributed by atoms with E-state index in [1.807, 2.05) is 6.07 Å². The highest BCUT2D eigenvalue weighted by Crippen LogP contribution is 2.35. The van der Waals surface area contributed by atoms with Crippen molar-refractivity contribution in [2.75, 3.05) is 18.4 Å². The maximum absolute atomic E-state index is 13.1. The molecule has 1 aromatic heterocycles. The van der Waals surface area contributed by atoms with Crippen LogP contribution in [0.15, 0.2) is 47.3 Å². The van der Waals surface area contributed by atoms with Gasteiger partial charge in [0.1, 0.15) is 11.8 Å². The number of benzene rings is 1. The molecule has 3 heterocycles. The number of likely N-dealkylation sites (tertiary alicyclic amines) is 1. The van der Waals surface area contributed by atoms with Gasteiger partial charge in [-0.05, 0) is 48.6 Å². The smallest absolute Gasteiger partial charge is 0.406 e. The minimum Gasteiger partial charge on any atom is -0.406 e. The van der Waals surface area contributed by atoms with Gasteiger partial charge in [-0.3, -0.25) is 9.59 Å². The van der Waals surface area contributed by atoms with E-state index in [-0.39, 0.29) is 35.0 Å². The molecular formula is C24H27F3N4O4. The highest BCUT2D eigenvalue weighted by molar-refractivity contribution is 5.97. The Hall–Kier alpha value is -3.50. The van der Waals surface area contributed by atoms with E-state index in [4.69, 9.17) is 0 Å². The number of piperidine rings is 1. The standard InChI is InChI=1S/C24H27F3N4O4/c1-14(2)21(22(33)28-17-6-8-18(9-7-17)35-24(25,26)27)29-23(34)30-11-15-10-16(13-30)19-4-3-5-20(32)31(19)12-15/h3-9,14-16,21H,10-13H2,1-2H3,(H,28,33)(H,29,34)/t15-,16-,21-/m0/s1. The number of anilines is 1. The number of rotatable bonds is 5. The van der Waals surface area contributed by atoms with E-state index >= 15 is 0 Å². The van der Waals surface area contributed by atoms with Gasteiger partial charge >= 0.3 is 12.4 Å². The number of nitrogens with zero attached hydrogens (tertiary/aromatic N) is 2. The minimum absolute atomic E-state index is 0.0374. The van der Waals surface area contributed by atoms with Crippen LogP contribution in [0, 0.1) is 11.8 Å². The topological polar surface area (TPSA) is 92.7 Å². The number of fused-ring (bicyclic) bond motifs is 4. The second-order valence-corrected chi connectivity index (χ2v) is 9.34. The zero-order valence-electron chi connectivity index (χ0n) is 19.3. The van der Waals surface area contributed by atoms with Gasteiger partial charge in [-0.15, -0.1) is 13.2 Å². The van der Waals surface area contributed by atoms with E-state index < -0.39 is 24.1 Å². The van der Waals surface area contributed by atoms with Gasteiger partial charge in [0, 0.05) is 43.0 Å². The molecule has 35 heavy (non-hydrogen) atoms. The van der Waals surface area contributed by atoms with Crippen molar-refractivity contribution in [1.29, 1.82) is 0 Å². The molecular weight excluding hydrogens is 465 g/mol. The number of halogens is 3. The van der Waals surface area contributed by atoms with Crippen LogP contribution in [0.1, 0.15) is 31.9 Å². The van der Waals surface area contributed by atoms with Gasteiger partial charge in [-0.2, -0.15) is 0 Å². The fourth-order valence-electron chi connectivity index (χ4n) is 4.78. The number of hydrogen-bond acceptors (Lipinski definition) is 4. The number of urea groups is 1. The van der Waals surface area contributed by atoms with Crippen LogP contribution in [-0.2, 0) is 11.3 Å². The predicted molar refractivity (Wildman–Crippen MR) is 122 cm³/mol. The minimum atomic E-state index is -4.80. The van der Waals surface area contributed by atoms with Crippen molar-refractivity contribution in [1.82, 2.24) is 14.8 Å². The highest BCUT2D eigenvalue weighted by atomic mass is 19.4. The van der Waals surface area contributed by atoms with Crippen molar-refractivity contribution in [2.24, 2.45) is 11.8 Å². The zero-order chi connectivity index (χ0) is 25.3. The molecule has 4 rings (SSSR count). The third-order valence-corrected chi connectivity index (χ3v) is 6.35. The quantitative estimate of drug-likeness (QED) is 0.668. The lowest BCUT2D eigenvalue weighted by Crippen LogP contribution is -2.56. The lowest BCUT2D eigenvalue weighted by atomic mass is 9.83. The maximum Gasteiger partial charge on any atom is 0.573 e. The van der Waals surface area contributed by atoms with Crippen molar-refractivity contribution in [3.05, 3.63) is 58.5 Å². The fourth-order valence-corrected chi connectivity index (χ4v) is 4.78. The van der Waals surface area contributed by atoms with Crippen LogP contribution in [0.25, 0.3) is 0 Å². The number of nitrogens with one attached hydrogen (secondary N) is 2. The first-order valence-corrected chi connectivity index (χ1v) is 11.4. The summed E-state index contributed by atoms with van der Waals surface area (Å²) in [6.07, 6.45) is -3.90.